The molecule has 0 fully saturated rings. The molecule has 0 aliphatic rings. The lowest BCUT2D eigenvalue weighted by Gasteiger charge is -1.97. The number of anilines is 1. The van der Waals surface area contributed by atoms with Crippen LogP contribution in [0.3, 0.4) is 0 Å². The minimum absolute atomic E-state index is 0.271. The highest BCUT2D eigenvalue weighted by atomic mass is 32.1. The van der Waals surface area contributed by atoms with Gasteiger partial charge in [-0.05, 0) is 20.8 Å². The summed E-state index contributed by atoms with van der Waals surface area (Å²) in [6.45, 7) is 5.50. The second-order valence-corrected chi connectivity index (χ2v) is 4.74. The van der Waals surface area contributed by atoms with Gasteiger partial charge in [0.25, 0.3) is 5.91 Å². The second-order valence-electron chi connectivity index (χ2n) is 3.34. The third-order valence-corrected chi connectivity index (χ3v) is 2.83. The lowest BCUT2D eigenvalue weighted by atomic mass is 10.3. The van der Waals surface area contributed by atoms with Crippen LogP contribution >= 0.6 is 11.3 Å². The highest BCUT2D eigenvalue weighted by molar-refractivity contribution is 7.11. The van der Waals surface area contributed by atoms with Crippen molar-refractivity contribution >= 4 is 23.2 Å². The number of nitrogens with zero attached hydrogens (tertiary/aromatic N) is 3. The van der Waals surface area contributed by atoms with Crippen LogP contribution in [0, 0.1) is 20.8 Å². The highest BCUT2D eigenvalue weighted by Crippen LogP contribution is 2.17. The molecule has 0 saturated carbocycles. The number of aromatic amines is 1. The molecule has 2 aromatic heterocycles. The summed E-state index contributed by atoms with van der Waals surface area (Å²) in [7, 11) is 0. The average molecular weight is 237 g/mol. The molecule has 0 radical (unpaired) electrons. The van der Waals surface area contributed by atoms with E-state index in [1.54, 1.807) is 6.92 Å². The predicted molar refractivity (Wildman–Crippen MR) is 60.7 cm³/mol. The van der Waals surface area contributed by atoms with Crippen LogP contribution in [0.25, 0.3) is 0 Å². The fourth-order valence-corrected chi connectivity index (χ4v) is 2.11. The number of thiazole rings is 1. The van der Waals surface area contributed by atoms with Crippen LogP contribution in [-0.4, -0.2) is 26.1 Å². The Hall–Kier alpha value is -1.76. The van der Waals surface area contributed by atoms with Gasteiger partial charge < -0.3 is 0 Å². The smallest absolute Gasteiger partial charge is 0.277 e. The molecule has 0 spiro atoms. The highest BCUT2D eigenvalue weighted by Gasteiger charge is 2.15. The summed E-state index contributed by atoms with van der Waals surface area (Å²) in [5.41, 5.74) is 0.435. The Kier molecular flexibility index (Phi) is 2.69. The van der Waals surface area contributed by atoms with Crippen molar-refractivity contribution < 1.29 is 4.79 Å². The van der Waals surface area contributed by atoms with Crippen molar-refractivity contribution in [2.24, 2.45) is 0 Å². The topological polar surface area (TPSA) is 83.6 Å². The number of hydrogen-bond donors (Lipinski definition) is 2. The number of hydrogen-bond acceptors (Lipinski definition) is 5. The van der Waals surface area contributed by atoms with Gasteiger partial charge in [-0.15, -0.1) is 16.4 Å². The molecule has 2 heterocycles. The van der Waals surface area contributed by atoms with Crippen molar-refractivity contribution in [3.8, 4) is 0 Å². The van der Waals surface area contributed by atoms with E-state index in [-0.39, 0.29) is 11.9 Å². The molecule has 16 heavy (non-hydrogen) atoms. The third kappa shape index (κ3) is 2.08. The van der Waals surface area contributed by atoms with E-state index in [9.17, 15) is 4.79 Å². The van der Waals surface area contributed by atoms with Crippen LogP contribution in [0.1, 0.15) is 26.2 Å². The van der Waals surface area contributed by atoms with E-state index in [2.05, 4.69) is 25.5 Å². The van der Waals surface area contributed by atoms with Gasteiger partial charge in [-0.3, -0.25) is 15.2 Å². The van der Waals surface area contributed by atoms with E-state index in [0.717, 1.165) is 9.88 Å². The monoisotopic (exact) mass is 237 g/mol. The maximum atomic E-state index is 11.8. The summed E-state index contributed by atoms with van der Waals surface area (Å²) >= 11 is 1.49. The molecule has 0 unspecified atom stereocenters. The Bertz CT molecular complexity index is 530. The lowest BCUT2D eigenvalue weighted by molar-refractivity contribution is 0.102. The number of aryl methyl sites for hydroxylation is 3. The van der Waals surface area contributed by atoms with Gasteiger partial charge in [-0.2, -0.15) is 4.98 Å². The first kappa shape index (κ1) is 10.7. The first-order valence-corrected chi connectivity index (χ1v) is 5.52. The zero-order valence-corrected chi connectivity index (χ0v) is 9.97. The van der Waals surface area contributed by atoms with Gasteiger partial charge in [0, 0.05) is 4.88 Å². The zero-order valence-electron chi connectivity index (χ0n) is 9.16. The fourth-order valence-electron chi connectivity index (χ4n) is 1.30. The molecule has 6 nitrogen and oxygen atoms in total. The molecule has 1 amide bonds. The third-order valence-electron chi connectivity index (χ3n) is 1.94. The number of nitrogens with one attached hydrogen (secondary N) is 2. The van der Waals surface area contributed by atoms with Crippen LogP contribution < -0.4 is 5.32 Å². The van der Waals surface area contributed by atoms with E-state index >= 15 is 0 Å². The van der Waals surface area contributed by atoms with Crippen molar-refractivity contribution in [2.45, 2.75) is 20.8 Å². The van der Waals surface area contributed by atoms with Crippen molar-refractivity contribution in [2.75, 3.05) is 5.32 Å². The van der Waals surface area contributed by atoms with Crippen molar-refractivity contribution in [1.29, 1.82) is 0 Å². The Labute approximate surface area is 96.1 Å². The Morgan fingerprint density at radius 1 is 1.31 bits per heavy atom. The molecule has 7 heteroatoms. The Morgan fingerprint density at radius 2 is 2.06 bits per heavy atom. The van der Waals surface area contributed by atoms with E-state index in [0.29, 0.717) is 11.5 Å². The van der Waals surface area contributed by atoms with E-state index in [4.69, 9.17) is 0 Å². The summed E-state index contributed by atoms with van der Waals surface area (Å²) in [6, 6.07) is 0. The van der Waals surface area contributed by atoms with Crippen LogP contribution in [0.5, 0.6) is 0 Å². The molecular formula is C9H11N5OS. The Balaban J connectivity index is 2.17. The molecule has 0 saturated heterocycles. The summed E-state index contributed by atoms with van der Waals surface area (Å²) in [6.07, 6.45) is 0. The van der Waals surface area contributed by atoms with Gasteiger partial charge in [-0.25, -0.2) is 4.98 Å². The van der Waals surface area contributed by atoms with E-state index in [1.807, 2.05) is 13.8 Å². The van der Waals surface area contributed by atoms with E-state index in [1.165, 1.54) is 11.3 Å². The normalized spacial score (nSPS) is 10.4. The summed E-state index contributed by atoms with van der Waals surface area (Å²) in [4.78, 5) is 20.8. The second kappa shape index (κ2) is 4.01. The molecule has 0 aliphatic heterocycles. The number of carbonyl (C=O) groups is 1. The molecule has 2 N–H and O–H groups in total. The molecule has 2 aromatic rings. The molecule has 0 bridgehead atoms. The zero-order chi connectivity index (χ0) is 11.7. The van der Waals surface area contributed by atoms with Crippen LogP contribution in [0.4, 0.5) is 5.95 Å². The Morgan fingerprint density at radius 3 is 2.56 bits per heavy atom. The number of rotatable bonds is 2. The minimum Gasteiger partial charge on any atom is -0.288 e. The fraction of sp³-hybridized carbons (Fsp3) is 0.333. The predicted octanol–water partition coefficient (Wildman–Crippen LogP) is 1.44. The quantitative estimate of drug-likeness (QED) is 0.827. The molecule has 84 valence electrons. The summed E-state index contributed by atoms with van der Waals surface area (Å²) < 4.78 is 0. The number of H-pyrrole nitrogens is 1. The number of carbonyl (C=O) groups excluding carboxylic acids is 1. The summed E-state index contributed by atoms with van der Waals surface area (Å²) in [5.74, 6) is 0.648. The standard InChI is InChI=1S/C9H11N5OS/c1-4-7(11-6(3)16-4)8(15)12-9-10-5(2)13-14-9/h1-3H3,(H2,10,12,13,14,15). The van der Waals surface area contributed by atoms with E-state index < -0.39 is 0 Å². The lowest BCUT2D eigenvalue weighted by Crippen LogP contribution is -2.14. The average Bonchev–Trinajstić information content (AvgIpc) is 2.73. The largest absolute Gasteiger partial charge is 0.288 e. The van der Waals surface area contributed by atoms with Crippen molar-refractivity contribution in [1.82, 2.24) is 20.2 Å². The molecule has 2 rings (SSSR count). The van der Waals surface area contributed by atoms with Crippen LogP contribution in [0.15, 0.2) is 0 Å². The molecular weight excluding hydrogens is 226 g/mol. The molecule has 0 atom stereocenters. The molecule has 0 aliphatic carbocycles. The van der Waals surface area contributed by atoms with Gasteiger partial charge in [0.15, 0.2) is 0 Å². The number of amides is 1. The summed E-state index contributed by atoms with van der Waals surface area (Å²) in [5, 5.41) is 9.93. The van der Waals surface area contributed by atoms with Gasteiger partial charge >= 0.3 is 0 Å². The first-order valence-electron chi connectivity index (χ1n) is 4.70. The maximum absolute atomic E-state index is 11.8. The minimum atomic E-state index is -0.277. The van der Waals surface area contributed by atoms with Crippen molar-refractivity contribution in [3.05, 3.63) is 21.4 Å². The maximum Gasteiger partial charge on any atom is 0.277 e. The first-order chi connectivity index (χ1) is 7.56. The van der Waals surface area contributed by atoms with Crippen molar-refractivity contribution in [3.63, 3.8) is 0 Å². The van der Waals surface area contributed by atoms with Crippen LogP contribution in [-0.2, 0) is 0 Å². The van der Waals surface area contributed by atoms with Crippen LogP contribution in [0.2, 0.25) is 0 Å². The molecule has 0 aromatic carbocycles. The van der Waals surface area contributed by atoms with Gasteiger partial charge in [0.1, 0.15) is 11.5 Å². The number of aromatic nitrogens is 4. The van der Waals surface area contributed by atoms with Gasteiger partial charge in [0.2, 0.25) is 5.95 Å². The SMILES string of the molecule is Cc1nc(NC(=O)c2nc(C)sc2C)n[nH]1. The van der Waals surface area contributed by atoms with Gasteiger partial charge in [0.05, 0.1) is 5.01 Å². The van der Waals surface area contributed by atoms with Gasteiger partial charge in [-0.1, -0.05) is 0 Å².